The van der Waals surface area contributed by atoms with Crippen LogP contribution in [-0.4, -0.2) is 91.4 Å². The Balaban J connectivity index is 1.53. The number of morpholine rings is 1. The van der Waals surface area contributed by atoms with E-state index in [1.165, 1.54) is 8.61 Å². The van der Waals surface area contributed by atoms with Gasteiger partial charge in [-0.2, -0.15) is 17.0 Å². The van der Waals surface area contributed by atoms with Crippen LogP contribution in [0.2, 0.25) is 0 Å². The predicted molar refractivity (Wildman–Crippen MR) is 87.9 cm³/mol. The van der Waals surface area contributed by atoms with Gasteiger partial charge in [0.1, 0.15) is 0 Å². The van der Waals surface area contributed by atoms with Crippen molar-refractivity contribution < 1.29 is 27.9 Å². The molecule has 2 heterocycles. The van der Waals surface area contributed by atoms with Gasteiger partial charge in [-0.25, -0.2) is 0 Å². The molecular formula is C15H25N3O6S. The Morgan fingerprint density at radius 1 is 0.880 bits per heavy atom. The summed E-state index contributed by atoms with van der Waals surface area (Å²) < 4.78 is 33.3. The highest BCUT2D eigenvalue weighted by molar-refractivity contribution is 7.86. The van der Waals surface area contributed by atoms with Gasteiger partial charge in [0.05, 0.1) is 19.1 Å². The minimum atomic E-state index is -3.50. The summed E-state index contributed by atoms with van der Waals surface area (Å²) in [5, 5.41) is 9.06. The number of carboxylic acid groups (broad SMARTS) is 1. The molecule has 1 N–H and O–H groups in total. The van der Waals surface area contributed by atoms with Crippen LogP contribution in [0.3, 0.4) is 0 Å². The Morgan fingerprint density at radius 3 is 2.00 bits per heavy atom. The lowest BCUT2D eigenvalue weighted by atomic mass is 10.0. The van der Waals surface area contributed by atoms with E-state index < -0.39 is 22.1 Å². The highest BCUT2D eigenvalue weighted by Crippen LogP contribution is 2.32. The van der Waals surface area contributed by atoms with Gasteiger partial charge in [0, 0.05) is 45.2 Å². The number of amides is 1. The van der Waals surface area contributed by atoms with Crippen LogP contribution in [0.15, 0.2) is 0 Å². The smallest absolute Gasteiger partial charge is 0.306 e. The van der Waals surface area contributed by atoms with E-state index in [-0.39, 0.29) is 24.9 Å². The summed E-state index contributed by atoms with van der Waals surface area (Å²) >= 11 is 0. The van der Waals surface area contributed by atoms with E-state index in [2.05, 4.69) is 0 Å². The Morgan fingerprint density at radius 2 is 1.44 bits per heavy atom. The number of hydrogen-bond acceptors (Lipinski definition) is 5. The van der Waals surface area contributed by atoms with Crippen molar-refractivity contribution in [3.8, 4) is 0 Å². The first kappa shape index (κ1) is 18.6. The normalized spacial score (nSPS) is 29.7. The van der Waals surface area contributed by atoms with E-state index in [0.717, 1.165) is 0 Å². The van der Waals surface area contributed by atoms with Gasteiger partial charge in [-0.1, -0.05) is 0 Å². The van der Waals surface area contributed by atoms with Crippen LogP contribution in [-0.2, 0) is 24.5 Å². The summed E-state index contributed by atoms with van der Waals surface area (Å²) in [5.74, 6) is -1.55. The predicted octanol–water partition coefficient (Wildman–Crippen LogP) is -0.791. The molecule has 3 rings (SSSR count). The number of nitrogens with zero attached hydrogens (tertiary/aromatic N) is 3. The zero-order valence-electron chi connectivity index (χ0n) is 14.2. The third-order valence-corrected chi connectivity index (χ3v) is 7.34. The number of hydrogen-bond donors (Lipinski definition) is 1. The fraction of sp³-hybridized carbons (Fsp3) is 0.867. The molecule has 0 spiro atoms. The summed E-state index contributed by atoms with van der Waals surface area (Å²) in [6.07, 6.45) is 1.53. The molecular weight excluding hydrogens is 350 g/mol. The lowest BCUT2D eigenvalue weighted by molar-refractivity contribution is -0.141. The van der Waals surface area contributed by atoms with E-state index in [9.17, 15) is 18.0 Å². The van der Waals surface area contributed by atoms with Gasteiger partial charge in [-0.05, 0) is 19.3 Å². The van der Waals surface area contributed by atoms with Gasteiger partial charge < -0.3 is 14.7 Å². The number of rotatable bonds is 4. The van der Waals surface area contributed by atoms with E-state index in [1.54, 1.807) is 4.90 Å². The number of carbonyl (C=O) groups is 2. The lowest BCUT2D eigenvalue weighted by Crippen LogP contribution is -2.56. The minimum absolute atomic E-state index is 0.0350. The summed E-state index contributed by atoms with van der Waals surface area (Å²) in [6, 6.07) is 0. The Hall–Kier alpha value is -1.23. The molecule has 9 nitrogen and oxygen atoms in total. The van der Waals surface area contributed by atoms with Crippen molar-refractivity contribution >= 4 is 22.1 Å². The molecule has 1 saturated carbocycles. The van der Waals surface area contributed by atoms with Crippen molar-refractivity contribution in [2.75, 3.05) is 52.5 Å². The maximum Gasteiger partial charge on any atom is 0.306 e. The molecule has 0 aromatic heterocycles. The number of carbonyl (C=O) groups excluding carboxylic acids is 1. The Labute approximate surface area is 147 Å². The molecule has 0 aromatic carbocycles. The van der Waals surface area contributed by atoms with Gasteiger partial charge in [0.2, 0.25) is 5.91 Å². The first-order valence-electron chi connectivity index (χ1n) is 8.74. The fourth-order valence-corrected chi connectivity index (χ4v) is 5.33. The highest BCUT2D eigenvalue weighted by Gasteiger charge is 2.38. The molecule has 25 heavy (non-hydrogen) atoms. The van der Waals surface area contributed by atoms with Crippen molar-refractivity contribution in [2.45, 2.75) is 19.3 Å². The van der Waals surface area contributed by atoms with Gasteiger partial charge >= 0.3 is 5.97 Å². The topological polar surface area (TPSA) is 107 Å². The van der Waals surface area contributed by atoms with Crippen molar-refractivity contribution in [3.63, 3.8) is 0 Å². The van der Waals surface area contributed by atoms with Crippen LogP contribution in [0, 0.1) is 11.8 Å². The number of ether oxygens (including phenoxy) is 1. The number of aliphatic carboxylic acids is 1. The largest absolute Gasteiger partial charge is 0.481 e. The number of carboxylic acids is 1. The third kappa shape index (κ3) is 3.97. The molecule has 0 radical (unpaired) electrons. The fourth-order valence-electron chi connectivity index (χ4n) is 3.77. The summed E-state index contributed by atoms with van der Waals surface area (Å²) in [4.78, 5) is 25.3. The second-order valence-electron chi connectivity index (χ2n) is 6.79. The van der Waals surface area contributed by atoms with Crippen molar-refractivity contribution in [1.29, 1.82) is 0 Å². The molecule has 3 aliphatic rings. The molecule has 0 unspecified atom stereocenters. The molecule has 2 saturated heterocycles. The van der Waals surface area contributed by atoms with E-state index >= 15 is 0 Å². The third-order valence-electron chi connectivity index (χ3n) is 5.30. The Bertz CT molecular complexity index is 611. The number of piperazine rings is 1. The van der Waals surface area contributed by atoms with E-state index in [4.69, 9.17) is 9.84 Å². The minimum Gasteiger partial charge on any atom is -0.481 e. The monoisotopic (exact) mass is 375 g/mol. The maximum atomic E-state index is 12.6. The van der Waals surface area contributed by atoms with Crippen LogP contribution >= 0.6 is 0 Å². The zero-order valence-corrected chi connectivity index (χ0v) is 15.0. The maximum absolute atomic E-state index is 12.6. The van der Waals surface area contributed by atoms with Gasteiger partial charge in [-0.15, -0.1) is 0 Å². The zero-order chi connectivity index (χ0) is 18.0. The van der Waals surface area contributed by atoms with Crippen LogP contribution in [0.1, 0.15) is 19.3 Å². The second-order valence-corrected chi connectivity index (χ2v) is 8.72. The molecule has 0 aromatic rings. The highest BCUT2D eigenvalue weighted by atomic mass is 32.2. The SMILES string of the molecule is O=C(O)[C@@H]1CC[C@H](C(=O)N2CCN(S(=O)(=O)N3CCOCC3)CC2)C1. The second kappa shape index (κ2) is 7.56. The average molecular weight is 375 g/mol. The van der Waals surface area contributed by atoms with Crippen LogP contribution < -0.4 is 0 Å². The van der Waals surface area contributed by atoms with Gasteiger partial charge in [0.25, 0.3) is 10.2 Å². The molecule has 1 aliphatic carbocycles. The first-order chi connectivity index (χ1) is 11.9. The average Bonchev–Trinajstić information content (AvgIpc) is 3.12. The summed E-state index contributed by atoms with van der Waals surface area (Å²) in [7, 11) is -3.50. The van der Waals surface area contributed by atoms with E-state index in [1.807, 2.05) is 0 Å². The van der Waals surface area contributed by atoms with E-state index in [0.29, 0.717) is 58.7 Å². The molecule has 3 fully saturated rings. The standard InChI is InChI=1S/C15H25N3O6S/c19-14(12-1-2-13(11-12)15(20)21)16-3-5-17(6-4-16)25(22,23)18-7-9-24-10-8-18/h12-13H,1-11H2,(H,20,21)/t12-,13+/m0/s1. The van der Waals surface area contributed by atoms with Crippen molar-refractivity contribution in [3.05, 3.63) is 0 Å². The molecule has 2 aliphatic heterocycles. The summed E-state index contributed by atoms with van der Waals surface area (Å²) in [6.45, 7) is 2.81. The quantitative estimate of drug-likeness (QED) is 0.690. The van der Waals surface area contributed by atoms with Crippen LogP contribution in [0.4, 0.5) is 0 Å². The van der Waals surface area contributed by atoms with Gasteiger partial charge in [-0.3, -0.25) is 9.59 Å². The first-order valence-corrected chi connectivity index (χ1v) is 10.1. The van der Waals surface area contributed by atoms with Crippen molar-refractivity contribution in [1.82, 2.24) is 13.5 Å². The van der Waals surface area contributed by atoms with Crippen molar-refractivity contribution in [2.24, 2.45) is 11.8 Å². The van der Waals surface area contributed by atoms with Gasteiger partial charge in [0.15, 0.2) is 0 Å². The lowest BCUT2D eigenvalue weighted by Gasteiger charge is -2.38. The molecule has 0 bridgehead atoms. The molecule has 2 atom stereocenters. The van der Waals surface area contributed by atoms with Crippen LogP contribution in [0.5, 0.6) is 0 Å². The molecule has 142 valence electrons. The molecule has 1 amide bonds. The Kier molecular flexibility index (Phi) is 5.62. The van der Waals surface area contributed by atoms with Crippen LogP contribution in [0.25, 0.3) is 0 Å². The molecule has 10 heteroatoms. The summed E-state index contributed by atoms with van der Waals surface area (Å²) in [5.41, 5.74) is 0.